The van der Waals surface area contributed by atoms with Crippen LogP contribution in [0, 0.1) is 6.92 Å². The first-order chi connectivity index (χ1) is 10.6. The zero-order valence-corrected chi connectivity index (χ0v) is 14.2. The third-order valence-corrected chi connectivity index (χ3v) is 5.13. The molecule has 2 aromatic rings. The molecule has 0 aromatic carbocycles. The van der Waals surface area contributed by atoms with E-state index in [1.54, 1.807) is 17.2 Å². The molecule has 0 radical (unpaired) electrons. The molecule has 0 fully saturated rings. The second-order valence-corrected chi connectivity index (χ2v) is 7.13. The van der Waals surface area contributed by atoms with Crippen LogP contribution in [0.25, 0.3) is 0 Å². The van der Waals surface area contributed by atoms with Crippen LogP contribution in [0.15, 0.2) is 27.2 Å². The van der Waals surface area contributed by atoms with Gasteiger partial charge in [0.15, 0.2) is 4.34 Å². The van der Waals surface area contributed by atoms with E-state index in [4.69, 9.17) is 4.42 Å². The molecule has 6 nitrogen and oxygen atoms in total. The average Bonchev–Trinajstić information content (AvgIpc) is 3.16. The van der Waals surface area contributed by atoms with Crippen molar-refractivity contribution in [1.82, 2.24) is 15.1 Å². The number of aliphatic hydroxyl groups is 1. The van der Waals surface area contributed by atoms with E-state index in [2.05, 4.69) is 10.2 Å². The van der Waals surface area contributed by atoms with Crippen molar-refractivity contribution in [2.45, 2.75) is 37.2 Å². The highest BCUT2D eigenvalue weighted by molar-refractivity contribution is 8.01. The third-order valence-electron chi connectivity index (χ3n) is 3.18. The Morgan fingerprint density at radius 1 is 1.55 bits per heavy atom. The number of aliphatic hydroxyl groups excluding tert-OH is 1. The van der Waals surface area contributed by atoms with Gasteiger partial charge in [-0.15, -0.1) is 10.2 Å². The molecule has 1 atom stereocenters. The number of amides is 1. The number of rotatable bonds is 8. The summed E-state index contributed by atoms with van der Waals surface area (Å²) in [6, 6.07) is 3.40. The number of furan rings is 1. The maximum absolute atomic E-state index is 12.5. The van der Waals surface area contributed by atoms with Crippen LogP contribution in [-0.4, -0.2) is 44.5 Å². The zero-order valence-electron chi connectivity index (χ0n) is 12.6. The molecule has 2 heterocycles. The first-order valence-electron chi connectivity index (χ1n) is 6.99. The van der Waals surface area contributed by atoms with Crippen molar-refractivity contribution < 1.29 is 14.3 Å². The lowest BCUT2D eigenvalue weighted by Gasteiger charge is -2.29. The minimum atomic E-state index is -0.214. The Labute approximate surface area is 137 Å². The van der Waals surface area contributed by atoms with Crippen LogP contribution >= 0.6 is 23.1 Å². The number of aryl methyl sites for hydroxylation is 1. The Morgan fingerprint density at radius 3 is 2.91 bits per heavy atom. The molecule has 2 aromatic heterocycles. The van der Waals surface area contributed by atoms with Crippen molar-refractivity contribution in [3.05, 3.63) is 29.2 Å². The quantitative estimate of drug-likeness (QED) is 0.742. The largest absolute Gasteiger partial charge is 0.467 e. The van der Waals surface area contributed by atoms with Gasteiger partial charge in [-0.1, -0.05) is 30.0 Å². The zero-order chi connectivity index (χ0) is 15.9. The van der Waals surface area contributed by atoms with Crippen LogP contribution in [-0.2, 0) is 11.3 Å². The Bertz CT molecular complexity index is 582. The molecular formula is C14H19N3O3S2. The van der Waals surface area contributed by atoms with Crippen LogP contribution in [0.5, 0.6) is 0 Å². The molecule has 1 N–H and O–H groups in total. The van der Waals surface area contributed by atoms with Crippen LogP contribution in [0.2, 0.25) is 0 Å². The number of hydrogen-bond donors (Lipinski definition) is 1. The summed E-state index contributed by atoms with van der Waals surface area (Å²) in [5, 5.41) is 18.3. The smallest absolute Gasteiger partial charge is 0.233 e. The fraction of sp³-hybridized carbons (Fsp3) is 0.500. The number of nitrogens with zero attached hydrogens (tertiary/aromatic N) is 3. The summed E-state index contributed by atoms with van der Waals surface area (Å²) in [5.74, 6) is 0.929. The SMILES string of the molecule is CC[C@H](CO)N(Cc1ccco1)C(=O)CSc1nnc(C)s1. The van der Waals surface area contributed by atoms with Crippen molar-refractivity contribution in [2.24, 2.45) is 0 Å². The minimum absolute atomic E-state index is 0.0462. The van der Waals surface area contributed by atoms with E-state index in [1.165, 1.54) is 23.1 Å². The highest BCUT2D eigenvalue weighted by Crippen LogP contribution is 2.23. The molecule has 0 saturated carbocycles. The van der Waals surface area contributed by atoms with E-state index in [-0.39, 0.29) is 24.3 Å². The van der Waals surface area contributed by atoms with E-state index in [1.807, 2.05) is 19.9 Å². The molecule has 0 bridgehead atoms. The van der Waals surface area contributed by atoms with Gasteiger partial charge in [0.25, 0.3) is 0 Å². The molecular weight excluding hydrogens is 322 g/mol. The number of thioether (sulfide) groups is 1. The van der Waals surface area contributed by atoms with Crippen molar-refractivity contribution in [3.8, 4) is 0 Å². The number of carbonyl (C=O) groups is 1. The third kappa shape index (κ3) is 4.56. The van der Waals surface area contributed by atoms with Gasteiger partial charge >= 0.3 is 0 Å². The number of aromatic nitrogens is 2. The maximum atomic E-state index is 12.5. The van der Waals surface area contributed by atoms with E-state index in [9.17, 15) is 9.90 Å². The second kappa shape index (κ2) is 8.30. The van der Waals surface area contributed by atoms with E-state index in [0.29, 0.717) is 18.7 Å². The summed E-state index contributed by atoms with van der Waals surface area (Å²) in [5.41, 5.74) is 0. The fourth-order valence-electron chi connectivity index (χ4n) is 1.98. The highest BCUT2D eigenvalue weighted by atomic mass is 32.2. The van der Waals surface area contributed by atoms with Gasteiger partial charge in [0.2, 0.25) is 5.91 Å². The van der Waals surface area contributed by atoms with Crippen LogP contribution in [0.1, 0.15) is 24.1 Å². The first-order valence-corrected chi connectivity index (χ1v) is 8.79. The molecule has 0 aliphatic heterocycles. The average molecular weight is 341 g/mol. The van der Waals surface area contributed by atoms with Crippen molar-refractivity contribution in [1.29, 1.82) is 0 Å². The highest BCUT2D eigenvalue weighted by Gasteiger charge is 2.23. The molecule has 0 spiro atoms. The van der Waals surface area contributed by atoms with Crippen LogP contribution < -0.4 is 0 Å². The Balaban J connectivity index is 2.01. The fourth-order valence-corrected chi connectivity index (χ4v) is 3.68. The minimum Gasteiger partial charge on any atom is -0.467 e. The summed E-state index contributed by atoms with van der Waals surface area (Å²) < 4.78 is 6.10. The normalized spacial score (nSPS) is 12.3. The van der Waals surface area contributed by atoms with E-state index < -0.39 is 0 Å². The maximum Gasteiger partial charge on any atom is 0.233 e. The lowest BCUT2D eigenvalue weighted by molar-refractivity contribution is -0.132. The molecule has 0 saturated heterocycles. The van der Waals surface area contributed by atoms with Gasteiger partial charge in [0, 0.05) is 0 Å². The Kier molecular flexibility index (Phi) is 6.41. The van der Waals surface area contributed by atoms with Gasteiger partial charge in [-0.05, 0) is 25.5 Å². The number of hydrogen-bond acceptors (Lipinski definition) is 7. The lowest BCUT2D eigenvalue weighted by atomic mass is 10.2. The predicted octanol–water partition coefficient (Wildman–Crippen LogP) is 2.33. The molecule has 8 heteroatoms. The van der Waals surface area contributed by atoms with Gasteiger partial charge in [0.1, 0.15) is 10.8 Å². The van der Waals surface area contributed by atoms with Gasteiger partial charge in [-0.25, -0.2) is 0 Å². The van der Waals surface area contributed by atoms with Crippen molar-refractivity contribution >= 4 is 29.0 Å². The molecule has 0 unspecified atom stereocenters. The van der Waals surface area contributed by atoms with Crippen LogP contribution in [0.3, 0.4) is 0 Å². The van der Waals surface area contributed by atoms with Gasteiger partial charge in [-0.3, -0.25) is 4.79 Å². The summed E-state index contributed by atoms with van der Waals surface area (Å²) in [6.07, 6.45) is 2.27. The topological polar surface area (TPSA) is 79.5 Å². The summed E-state index contributed by atoms with van der Waals surface area (Å²) in [7, 11) is 0. The van der Waals surface area contributed by atoms with E-state index >= 15 is 0 Å². The van der Waals surface area contributed by atoms with Gasteiger partial charge in [0.05, 0.1) is 31.2 Å². The second-order valence-electron chi connectivity index (χ2n) is 4.72. The Hall–Kier alpha value is -1.38. The first kappa shape index (κ1) is 17.0. The van der Waals surface area contributed by atoms with Crippen LogP contribution in [0.4, 0.5) is 0 Å². The molecule has 22 heavy (non-hydrogen) atoms. The van der Waals surface area contributed by atoms with E-state index in [0.717, 1.165) is 9.35 Å². The molecule has 1 amide bonds. The number of carbonyl (C=O) groups excluding carboxylic acids is 1. The standard InChI is InChI=1S/C14H19N3O3S2/c1-3-11(8-18)17(7-12-5-4-6-20-12)13(19)9-21-14-16-15-10(2)22-14/h4-6,11,18H,3,7-9H2,1-2H3/t11-/m1/s1. The monoisotopic (exact) mass is 341 g/mol. The summed E-state index contributed by atoms with van der Waals surface area (Å²) >= 11 is 2.84. The molecule has 120 valence electrons. The van der Waals surface area contributed by atoms with Gasteiger partial charge in [-0.2, -0.15) is 0 Å². The predicted molar refractivity (Wildman–Crippen MR) is 85.8 cm³/mol. The summed E-state index contributed by atoms with van der Waals surface area (Å²) in [6.45, 7) is 4.13. The molecule has 0 aliphatic carbocycles. The van der Waals surface area contributed by atoms with Gasteiger partial charge < -0.3 is 14.4 Å². The lowest BCUT2D eigenvalue weighted by Crippen LogP contribution is -2.42. The van der Waals surface area contributed by atoms with Crippen molar-refractivity contribution in [2.75, 3.05) is 12.4 Å². The molecule has 0 aliphatic rings. The Morgan fingerprint density at radius 2 is 2.36 bits per heavy atom. The molecule has 2 rings (SSSR count). The summed E-state index contributed by atoms with van der Waals surface area (Å²) in [4.78, 5) is 14.2. The van der Waals surface area contributed by atoms with Crippen molar-refractivity contribution in [3.63, 3.8) is 0 Å².